The Hall–Kier alpha value is -3.27. The van der Waals surface area contributed by atoms with Gasteiger partial charge in [0.2, 0.25) is 5.91 Å². The third-order valence-corrected chi connectivity index (χ3v) is 6.25. The number of carbonyl (C=O) groups excluding carboxylic acids is 2. The summed E-state index contributed by atoms with van der Waals surface area (Å²) in [4.78, 5) is 32.8. The zero-order valence-electron chi connectivity index (χ0n) is 17.3. The van der Waals surface area contributed by atoms with Crippen molar-refractivity contribution in [3.8, 4) is 0 Å². The molecule has 1 aliphatic heterocycles. The van der Waals surface area contributed by atoms with E-state index in [9.17, 15) is 9.59 Å². The van der Waals surface area contributed by atoms with Crippen LogP contribution in [0.5, 0.6) is 0 Å². The quantitative estimate of drug-likeness (QED) is 0.583. The van der Waals surface area contributed by atoms with Crippen LogP contribution in [0.1, 0.15) is 44.6 Å². The van der Waals surface area contributed by atoms with Crippen molar-refractivity contribution in [3.05, 3.63) is 83.8 Å². The van der Waals surface area contributed by atoms with Crippen molar-refractivity contribution < 1.29 is 9.59 Å². The van der Waals surface area contributed by atoms with Crippen molar-refractivity contribution >= 4 is 28.2 Å². The number of fused-ring (bicyclic) bond motifs is 1. The first kappa shape index (κ1) is 18.7. The molecule has 0 bridgehead atoms. The largest absolute Gasteiger partial charge is 0.294 e. The Morgan fingerprint density at radius 1 is 0.967 bits per heavy atom. The molecule has 30 heavy (non-hydrogen) atoms. The summed E-state index contributed by atoms with van der Waals surface area (Å²) in [6.07, 6.45) is 4.88. The summed E-state index contributed by atoms with van der Waals surface area (Å²) < 4.78 is 0. The van der Waals surface area contributed by atoms with Crippen molar-refractivity contribution in [2.75, 3.05) is 4.90 Å². The first-order valence-corrected chi connectivity index (χ1v) is 10.4. The summed E-state index contributed by atoms with van der Waals surface area (Å²) in [7, 11) is 0. The normalized spacial score (nSPS) is 21.1. The van der Waals surface area contributed by atoms with E-state index in [-0.39, 0.29) is 29.4 Å². The van der Waals surface area contributed by atoms with Crippen LogP contribution >= 0.6 is 0 Å². The number of benzene rings is 2. The Morgan fingerprint density at radius 2 is 1.77 bits per heavy atom. The molecule has 3 aromatic rings. The van der Waals surface area contributed by atoms with E-state index in [1.54, 1.807) is 17.3 Å². The molecule has 4 heteroatoms. The highest BCUT2D eigenvalue weighted by Gasteiger charge is 2.44. The molecule has 1 aliphatic carbocycles. The summed E-state index contributed by atoms with van der Waals surface area (Å²) in [5.41, 5.74) is 3.26. The van der Waals surface area contributed by atoms with E-state index < -0.39 is 0 Å². The first-order valence-electron chi connectivity index (χ1n) is 10.4. The molecule has 0 radical (unpaired) electrons. The molecule has 4 nitrogen and oxygen atoms in total. The third kappa shape index (κ3) is 3.04. The topological polar surface area (TPSA) is 50.3 Å². The smallest absolute Gasteiger partial charge is 0.232 e. The van der Waals surface area contributed by atoms with Crippen LogP contribution in [0.2, 0.25) is 0 Å². The lowest BCUT2D eigenvalue weighted by molar-refractivity contribution is -0.120. The van der Waals surface area contributed by atoms with E-state index >= 15 is 0 Å². The number of rotatable bonds is 2. The highest BCUT2D eigenvalue weighted by Crippen LogP contribution is 2.48. The lowest BCUT2D eigenvalue weighted by Crippen LogP contribution is -2.43. The van der Waals surface area contributed by atoms with E-state index in [0.29, 0.717) is 12.8 Å². The van der Waals surface area contributed by atoms with Crippen LogP contribution < -0.4 is 4.90 Å². The van der Waals surface area contributed by atoms with Crippen LogP contribution in [-0.2, 0) is 9.59 Å². The molecule has 0 fully saturated rings. The number of Topliss-reactive ketones (excluding diaryl/α,β-unsaturated/α-hetero) is 1. The zero-order valence-corrected chi connectivity index (χ0v) is 17.3. The SMILES string of the molecule is CC1(C)CC(=O)C2=C(C1)N(c1cccnc1)C(=O)CC2c1cccc2ccccc12. The number of allylic oxidation sites excluding steroid dienone is 2. The number of aromatic nitrogens is 1. The molecule has 0 N–H and O–H groups in total. The second kappa shape index (κ2) is 6.91. The van der Waals surface area contributed by atoms with E-state index in [4.69, 9.17) is 0 Å². The lowest BCUT2D eigenvalue weighted by atomic mass is 9.69. The lowest BCUT2D eigenvalue weighted by Gasteiger charge is -2.43. The number of hydrogen-bond acceptors (Lipinski definition) is 3. The van der Waals surface area contributed by atoms with Gasteiger partial charge in [0.15, 0.2) is 5.78 Å². The summed E-state index contributed by atoms with van der Waals surface area (Å²) in [5, 5.41) is 2.24. The number of anilines is 1. The number of carbonyl (C=O) groups is 2. The van der Waals surface area contributed by atoms with Gasteiger partial charge in [-0.1, -0.05) is 56.3 Å². The maximum atomic E-state index is 13.4. The van der Waals surface area contributed by atoms with Gasteiger partial charge in [-0.05, 0) is 40.3 Å². The number of hydrogen-bond donors (Lipinski definition) is 0. The molecule has 1 unspecified atom stereocenters. The summed E-state index contributed by atoms with van der Waals surface area (Å²) in [6, 6.07) is 18.1. The predicted molar refractivity (Wildman–Crippen MR) is 118 cm³/mol. The number of nitrogens with zero attached hydrogens (tertiary/aromatic N) is 2. The van der Waals surface area contributed by atoms with E-state index in [2.05, 4.69) is 43.1 Å². The van der Waals surface area contributed by atoms with Gasteiger partial charge < -0.3 is 0 Å². The standard InChI is InChI=1S/C26H24N2O2/c1-26(2)14-22-25(23(29)15-26)21(13-24(30)28(22)18-9-6-12-27-16-18)20-11-5-8-17-7-3-4-10-19(17)20/h3-12,16,21H,13-15H2,1-2H3. The highest BCUT2D eigenvalue weighted by atomic mass is 16.2. The Balaban J connectivity index is 1.74. The minimum atomic E-state index is -0.213. The molecular formula is C26H24N2O2. The van der Waals surface area contributed by atoms with Gasteiger partial charge in [-0.3, -0.25) is 19.5 Å². The molecule has 1 amide bonds. The van der Waals surface area contributed by atoms with Crippen molar-refractivity contribution in [2.24, 2.45) is 5.41 Å². The van der Waals surface area contributed by atoms with Crippen LogP contribution in [0.15, 0.2) is 78.3 Å². The van der Waals surface area contributed by atoms with Crippen LogP contribution in [0.25, 0.3) is 10.8 Å². The Morgan fingerprint density at radius 3 is 2.57 bits per heavy atom. The molecule has 0 saturated heterocycles. The van der Waals surface area contributed by atoms with Gasteiger partial charge >= 0.3 is 0 Å². The molecule has 150 valence electrons. The van der Waals surface area contributed by atoms with Crippen LogP contribution in [0.4, 0.5) is 5.69 Å². The molecule has 1 aromatic heterocycles. The summed E-state index contributed by atoms with van der Waals surface area (Å²) in [6.45, 7) is 4.20. The van der Waals surface area contributed by atoms with Gasteiger partial charge in [0.05, 0.1) is 11.9 Å². The third-order valence-electron chi connectivity index (χ3n) is 6.25. The van der Waals surface area contributed by atoms with Gasteiger partial charge in [-0.2, -0.15) is 0 Å². The molecule has 2 aliphatic rings. The Bertz CT molecular complexity index is 1190. The second-order valence-electron chi connectivity index (χ2n) is 9.07. The maximum absolute atomic E-state index is 13.4. The van der Waals surface area contributed by atoms with Gasteiger partial charge in [0.1, 0.15) is 0 Å². The van der Waals surface area contributed by atoms with Gasteiger partial charge in [-0.15, -0.1) is 0 Å². The monoisotopic (exact) mass is 396 g/mol. The van der Waals surface area contributed by atoms with Crippen molar-refractivity contribution in [1.82, 2.24) is 4.98 Å². The highest BCUT2D eigenvalue weighted by molar-refractivity contribution is 6.08. The van der Waals surface area contributed by atoms with Crippen LogP contribution in [-0.4, -0.2) is 16.7 Å². The zero-order chi connectivity index (χ0) is 20.9. The second-order valence-corrected chi connectivity index (χ2v) is 9.07. The average molecular weight is 396 g/mol. The molecule has 2 heterocycles. The van der Waals surface area contributed by atoms with Crippen LogP contribution in [0.3, 0.4) is 0 Å². The average Bonchev–Trinajstić information content (AvgIpc) is 2.72. The van der Waals surface area contributed by atoms with Gasteiger partial charge in [0.25, 0.3) is 0 Å². The minimum absolute atomic E-state index is 0.0187. The minimum Gasteiger partial charge on any atom is -0.294 e. The molecule has 0 spiro atoms. The maximum Gasteiger partial charge on any atom is 0.232 e. The fourth-order valence-electron chi connectivity index (χ4n) is 5.02. The van der Waals surface area contributed by atoms with Gasteiger partial charge in [0, 0.05) is 36.2 Å². The fourth-order valence-corrected chi connectivity index (χ4v) is 5.02. The molecule has 5 rings (SSSR count). The Kier molecular flexibility index (Phi) is 4.31. The molecule has 1 atom stereocenters. The van der Waals surface area contributed by atoms with E-state index in [0.717, 1.165) is 33.3 Å². The molecule has 0 saturated carbocycles. The molecular weight excluding hydrogens is 372 g/mol. The molecule has 2 aromatic carbocycles. The summed E-state index contributed by atoms with van der Waals surface area (Å²) >= 11 is 0. The van der Waals surface area contributed by atoms with Crippen molar-refractivity contribution in [3.63, 3.8) is 0 Å². The van der Waals surface area contributed by atoms with Crippen molar-refractivity contribution in [2.45, 2.75) is 39.0 Å². The van der Waals surface area contributed by atoms with Gasteiger partial charge in [-0.25, -0.2) is 0 Å². The predicted octanol–water partition coefficient (Wildman–Crippen LogP) is 5.40. The Labute approximate surface area is 176 Å². The summed E-state index contributed by atoms with van der Waals surface area (Å²) in [5.74, 6) is -0.0409. The van der Waals surface area contributed by atoms with E-state index in [1.165, 1.54) is 0 Å². The van der Waals surface area contributed by atoms with Crippen molar-refractivity contribution in [1.29, 1.82) is 0 Å². The number of amides is 1. The van der Waals surface area contributed by atoms with E-state index in [1.807, 2.05) is 30.3 Å². The van der Waals surface area contributed by atoms with Crippen LogP contribution in [0, 0.1) is 5.41 Å². The fraction of sp³-hybridized carbons (Fsp3) is 0.269. The number of ketones is 1. The first-order chi connectivity index (χ1) is 14.4. The number of pyridine rings is 1.